The molecule has 0 fully saturated rings. The highest BCUT2D eigenvalue weighted by Gasteiger charge is 2.18. The molecule has 0 saturated carbocycles. The Bertz CT molecular complexity index is 569. The van der Waals surface area contributed by atoms with Crippen LogP contribution in [0.3, 0.4) is 0 Å². The molecule has 2 aromatic heterocycles. The van der Waals surface area contributed by atoms with Crippen LogP contribution in [-0.4, -0.2) is 17.4 Å². The minimum Gasteiger partial charge on any atom is -0.452 e. The van der Waals surface area contributed by atoms with Gasteiger partial charge in [-0.2, -0.15) is 0 Å². The Labute approximate surface area is 112 Å². The van der Waals surface area contributed by atoms with Crippen molar-refractivity contribution in [1.29, 1.82) is 0 Å². The molecule has 0 atom stereocenters. The van der Waals surface area contributed by atoms with Crippen LogP contribution in [0.1, 0.15) is 20.9 Å². The lowest BCUT2D eigenvalue weighted by Crippen LogP contribution is -2.22. The van der Waals surface area contributed by atoms with Crippen molar-refractivity contribution in [3.63, 3.8) is 0 Å². The van der Waals surface area contributed by atoms with Crippen LogP contribution >= 0.6 is 22.9 Å². The van der Waals surface area contributed by atoms with E-state index in [0.717, 1.165) is 25.2 Å². The lowest BCUT2D eigenvalue weighted by Gasteiger charge is -2.09. The molecule has 7 heteroatoms. The van der Waals surface area contributed by atoms with Crippen LogP contribution in [-0.2, 0) is 13.0 Å². The molecule has 3 rings (SSSR count). The number of thiazole rings is 1. The molecule has 0 aliphatic carbocycles. The van der Waals surface area contributed by atoms with E-state index in [0.29, 0.717) is 10.7 Å². The SMILES string of the molecule is O=C(Nc1nc2c(s1)CNCC2)c1ccoc1Cl. The molecule has 2 aromatic rings. The average Bonchev–Trinajstić information content (AvgIpc) is 2.94. The average molecular weight is 284 g/mol. The number of halogens is 1. The standard InChI is InChI=1S/C11H10ClN3O2S/c12-9-6(2-4-17-9)10(16)15-11-14-7-1-3-13-5-8(7)18-11/h2,4,13H,1,3,5H2,(H,14,15,16). The van der Waals surface area contributed by atoms with Gasteiger partial charge in [0.2, 0.25) is 5.22 Å². The molecule has 0 spiro atoms. The third-order valence-corrected chi connectivity index (χ3v) is 3.99. The van der Waals surface area contributed by atoms with Crippen LogP contribution in [0.15, 0.2) is 16.7 Å². The number of furan rings is 1. The normalized spacial score (nSPS) is 14.3. The molecule has 1 amide bonds. The topological polar surface area (TPSA) is 67.2 Å². The van der Waals surface area contributed by atoms with E-state index in [1.807, 2.05) is 0 Å². The van der Waals surface area contributed by atoms with Crippen molar-refractivity contribution in [3.8, 4) is 0 Å². The van der Waals surface area contributed by atoms with Crippen molar-refractivity contribution in [1.82, 2.24) is 10.3 Å². The first kappa shape index (κ1) is 11.7. The molecule has 0 saturated heterocycles. The molecule has 0 radical (unpaired) electrons. The van der Waals surface area contributed by atoms with E-state index in [4.69, 9.17) is 16.0 Å². The van der Waals surface area contributed by atoms with Crippen molar-refractivity contribution >= 4 is 34.0 Å². The summed E-state index contributed by atoms with van der Waals surface area (Å²) in [5.41, 5.74) is 1.38. The molecule has 3 heterocycles. The van der Waals surface area contributed by atoms with E-state index in [1.165, 1.54) is 28.5 Å². The summed E-state index contributed by atoms with van der Waals surface area (Å²) in [6.45, 7) is 1.74. The molecule has 18 heavy (non-hydrogen) atoms. The van der Waals surface area contributed by atoms with Crippen LogP contribution in [0.5, 0.6) is 0 Å². The summed E-state index contributed by atoms with van der Waals surface area (Å²) < 4.78 is 4.88. The van der Waals surface area contributed by atoms with Crippen LogP contribution in [0, 0.1) is 0 Å². The number of fused-ring (bicyclic) bond motifs is 1. The van der Waals surface area contributed by atoms with E-state index >= 15 is 0 Å². The number of hydrogen-bond acceptors (Lipinski definition) is 5. The molecule has 1 aliphatic heterocycles. The molecule has 0 unspecified atom stereocenters. The quantitative estimate of drug-likeness (QED) is 0.887. The zero-order chi connectivity index (χ0) is 12.5. The first-order valence-corrected chi connectivity index (χ1v) is 6.67. The Morgan fingerprint density at radius 3 is 3.22 bits per heavy atom. The maximum Gasteiger partial charge on any atom is 0.262 e. The predicted octanol–water partition coefficient (Wildman–Crippen LogP) is 2.29. The summed E-state index contributed by atoms with van der Waals surface area (Å²) in [6, 6.07) is 1.53. The monoisotopic (exact) mass is 283 g/mol. The molecule has 0 bridgehead atoms. The highest BCUT2D eigenvalue weighted by Crippen LogP contribution is 2.26. The number of aromatic nitrogens is 1. The van der Waals surface area contributed by atoms with Gasteiger partial charge in [-0.15, -0.1) is 11.3 Å². The van der Waals surface area contributed by atoms with Crippen LogP contribution in [0.4, 0.5) is 5.13 Å². The number of carbonyl (C=O) groups excluding carboxylic acids is 1. The van der Waals surface area contributed by atoms with Crippen LogP contribution in [0.25, 0.3) is 0 Å². The van der Waals surface area contributed by atoms with E-state index in [9.17, 15) is 4.79 Å². The van der Waals surface area contributed by atoms with Crippen molar-refractivity contribution in [3.05, 3.63) is 33.7 Å². The van der Waals surface area contributed by atoms with Crippen molar-refractivity contribution in [2.75, 3.05) is 11.9 Å². The molecule has 5 nitrogen and oxygen atoms in total. The molecule has 0 aromatic carbocycles. The lowest BCUT2D eigenvalue weighted by atomic mass is 10.2. The molecule has 94 valence electrons. The highest BCUT2D eigenvalue weighted by molar-refractivity contribution is 7.15. The number of amides is 1. The summed E-state index contributed by atoms with van der Waals surface area (Å²) in [4.78, 5) is 17.5. The van der Waals surface area contributed by atoms with Crippen LogP contribution < -0.4 is 10.6 Å². The Hall–Kier alpha value is -1.37. The number of anilines is 1. The van der Waals surface area contributed by atoms with Gasteiger partial charge in [0.15, 0.2) is 5.13 Å². The van der Waals surface area contributed by atoms with E-state index in [-0.39, 0.29) is 11.1 Å². The molecular formula is C11H10ClN3O2S. The fourth-order valence-electron chi connectivity index (χ4n) is 1.80. The Kier molecular flexibility index (Phi) is 3.07. The van der Waals surface area contributed by atoms with E-state index in [2.05, 4.69) is 15.6 Å². The number of nitrogens with zero attached hydrogens (tertiary/aromatic N) is 1. The largest absolute Gasteiger partial charge is 0.452 e. The highest BCUT2D eigenvalue weighted by atomic mass is 35.5. The Morgan fingerprint density at radius 1 is 1.61 bits per heavy atom. The number of carbonyl (C=O) groups is 1. The summed E-state index contributed by atoms with van der Waals surface area (Å²) in [5, 5.41) is 6.70. The summed E-state index contributed by atoms with van der Waals surface area (Å²) >= 11 is 7.23. The van der Waals surface area contributed by atoms with Gasteiger partial charge in [0.1, 0.15) is 0 Å². The van der Waals surface area contributed by atoms with Crippen molar-refractivity contribution in [2.24, 2.45) is 0 Å². The number of hydrogen-bond donors (Lipinski definition) is 2. The van der Waals surface area contributed by atoms with Crippen LogP contribution in [0.2, 0.25) is 5.22 Å². The maximum absolute atomic E-state index is 11.9. The van der Waals surface area contributed by atoms with Crippen molar-refractivity contribution < 1.29 is 9.21 Å². The van der Waals surface area contributed by atoms with Gasteiger partial charge in [-0.25, -0.2) is 4.98 Å². The molecule has 1 aliphatic rings. The lowest BCUT2D eigenvalue weighted by molar-refractivity contribution is 0.102. The summed E-state index contributed by atoms with van der Waals surface area (Å²) in [7, 11) is 0. The molecular weight excluding hydrogens is 274 g/mol. The van der Waals surface area contributed by atoms with Gasteiger partial charge in [0.25, 0.3) is 5.91 Å². The second-order valence-corrected chi connectivity index (χ2v) is 5.30. The van der Waals surface area contributed by atoms with Gasteiger partial charge in [-0.1, -0.05) is 0 Å². The zero-order valence-electron chi connectivity index (χ0n) is 9.33. The van der Waals surface area contributed by atoms with Gasteiger partial charge in [0.05, 0.1) is 17.5 Å². The van der Waals surface area contributed by atoms with Crippen molar-refractivity contribution in [2.45, 2.75) is 13.0 Å². The maximum atomic E-state index is 11.9. The predicted molar refractivity (Wildman–Crippen MR) is 69.2 cm³/mol. The van der Waals surface area contributed by atoms with E-state index in [1.54, 1.807) is 0 Å². The number of rotatable bonds is 2. The van der Waals surface area contributed by atoms with Gasteiger partial charge < -0.3 is 9.73 Å². The summed E-state index contributed by atoms with van der Waals surface area (Å²) in [5.74, 6) is -0.298. The Morgan fingerprint density at radius 2 is 2.50 bits per heavy atom. The van der Waals surface area contributed by atoms with Gasteiger partial charge >= 0.3 is 0 Å². The third kappa shape index (κ3) is 2.14. The second-order valence-electron chi connectivity index (χ2n) is 3.88. The van der Waals surface area contributed by atoms with Gasteiger partial charge in [-0.05, 0) is 17.7 Å². The van der Waals surface area contributed by atoms with Gasteiger partial charge in [-0.3, -0.25) is 10.1 Å². The second kappa shape index (κ2) is 4.72. The minimum absolute atomic E-state index is 0.0930. The third-order valence-electron chi connectivity index (χ3n) is 2.69. The summed E-state index contributed by atoms with van der Waals surface area (Å²) in [6.07, 6.45) is 2.28. The fraction of sp³-hybridized carbons (Fsp3) is 0.273. The Balaban J connectivity index is 1.79. The number of nitrogens with one attached hydrogen (secondary N) is 2. The molecule has 2 N–H and O–H groups in total. The fourth-order valence-corrected chi connectivity index (χ4v) is 2.97. The minimum atomic E-state index is -0.298. The van der Waals surface area contributed by atoms with Gasteiger partial charge in [0, 0.05) is 24.4 Å². The van der Waals surface area contributed by atoms with E-state index < -0.39 is 0 Å². The smallest absolute Gasteiger partial charge is 0.262 e. The zero-order valence-corrected chi connectivity index (χ0v) is 10.9. The first-order valence-electron chi connectivity index (χ1n) is 5.47. The first-order chi connectivity index (χ1) is 8.74.